The van der Waals surface area contributed by atoms with E-state index in [-0.39, 0.29) is 0 Å². The van der Waals surface area contributed by atoms with Crippen LogP contribution in [0.15, 0.2) is 34.8 Å². The van der Waals surface area contributed by atoms with Crippen molar-refractivity contribution >= 4 is 60.9 Å². The Kier molecular flexibility index (Phi) is 2.81. The second-order valence-corrected chi connectivity index (χ2v) is 5.04. The maximum absolute atomic E-state index is 6.18. The summed E-state index contributed by atoms with van der Waals surface area (Å²) >= 11 is 11.9. The van der Waals surface area contributed by atoms with Crippen molar-refractivity contribution in [3.8, 4) is 0 Å². The predicted octanol–water partition coefficient (Wildman–Crippen LogP) is 4.86. The Hall–Kier alpha value is 0.200. The van der Waals surface area contributed by atoms with Gasteiger partial charge in [0.1, 0.15) is 0 Å². The Bertz CT molecular complexity index is 468. The summed E-state index contributed by atoms with van der Waals surface area (Å²) in [5, 5.41) is 3.07. The molecule has 0 bridgehead atoms. The van der Waals surface area contributed by atoms with Crippen LogP contribution in [0, 0.1) is 3.57 Å². The molecule has 0 aliphatic heterocycles. The smallest absolute Gasteiger partial charge is 0.0637 e. The second kappa shape index (κ2) is 3.75. The molecule has 2 aromatic carbocycles. The van der Waals surface area contributed by atoms with Gasteiger partial charge in [-0.15, -0.1) is 0 Å². The molecule has 13 heavy (non-hydrogen) atoms. The zero-order valence-electron chi connectivity index (χ0n) is 6.52. The Labute approximate surface area is 104 Å². The molecule has 0 amide bonds. The van der Waals surface area contributed by atoms with Gasteiger partial charge in [-0.1, -0.05) is 35.9 Å². The lowest BCUT2D eigenvalue weighted by Gasteiger charge is -2.04. The van der Waals surface area contributed by atoms with Gasteiger partial charge < -0.3 is 0 Å². The fourth-order valence-electron chi connectivity index (χ4n) is 1.25. The van der Waals surface area contributed by atoms with Gasteiger partial charge >= 0.3 is 0 Å². The van der Waals surface area contributed by atoms with Gasteiger partial charge in [-0.05, 0) is 50.0 Å². The summed E-state index contributed by atoms with van der Waals surface area (Å²) in [6, 6.07) is 10.2. The number of hydrogen-bond acceptors (Lipinski definition) is 0. The summed E-state index contributed by atoms with van der Waals surface area (Å²) in [5.41, 5.74) is 0. The number of halogens is 3. The van der Waals surface area contributed by atoms with E-state index in [1.165, 1.54) is 5.39 Å². The highest BCUT2D eigenvalue weighted by Gasteiger charge is 2.06. The third-order valence-electron chi connectivity index (χ3n) is 1.88. The highest BCUT2D eigenvalue weighted by Crippen LogP contribution is 2.34. The highest BCUT2D eigenvalue weighted by atomic mass is 127. The van der Waals surface area contributed by atoms with Crippen molar-refractivity contribution in [1.29, 1.82) is 0 Å². The average molecular weight is 367 g/mol. The molecule has 0 fully saturated rings. The van der Waals surface area contributed by atoms with Crippen LogP contribution in [0.25, 0.3) is 10.8 Å². The van der Waals surface area contributed by atoms with Gasteiger partial charge in [0.2, 0.25) is 0 Å². The van der Waals surface area contributed by atoms with Crippen molar-refractivity contribution in [2.24, 2.45) is 0 Å². The average Bonchev–Trinajstić information content (AvgIpc) is 2.15. The van der Waals surface area contributed by atoms with Crippen molar-refractivity contribution in [3.63, 3.8) is 0 Å². The molecule has 0 saturated carbocycles. The maximum atomic E-state index is 6.18. The Morgan fingerprint density at radius 2 is 1.92 bits per heavy atom. The van der Waals surface area contributed by atoms with Gasteiger partial charge in [0.25, 0.3) is 0 Å². The normalized spacial score (nSPS) is 10.7. The molecule has 0 atom stereocenters. The molecule has 0 radical (unpaired) electrons. The van der Waals surface area contributed by atoms with E-state index in [2.05, 4.69) is 50.7 Å². The standard InChI is InChI=1S/C10H5BrClI/c11-9-8(13)5-6-3-1-2-4-7(6)10(9)12/h1-5H. The summed E-state index contributed by atoms with van der Waals surface area (Å²) < 4.78 is 2.12. The topological polar surface area (TPSA) is 0 Å². The Morgan fingerprint density at radius 1 is 1.23 bits per heavy atom. The molecular weight excluding hydrogens is 362 g/mol. The molecule has 0 spiro atoms. The van der Waals surface area contributed by atoms with Crippen LogP contribution < -0.4 is 0 Å². The van der Waals surface area contributed by atoms with Crippen LogP contribution in [0.3, 0.4) is 0 Å². The third-order valence-corrected chi connectivity index (χ3v) is 4.92. The van der Waals surface area contributed by atoms with E-state index in [0.29, 0.717) is 0 Å². The predicted molar refractivity (Wildman–Crippen MR) is 69.4 cm³/mol. The van der Waals surface area contributed by atoms with E-state index in [1.54, 1.807) is 0 Å². The van der Waals surface area contributed by atoms with Crippen LogP contribution in [0.2, 0.25) is 5.02 Å². The van der Waals surface area contributed by atoms with E-state index in [0.717, 1.165) is 18.5 Å². The van der Waals surface area contributed by atoms with Crippen molar-refractivity contribution < 1.29 is 0 Å². The van der Waals surface area contributed by atoms with Crippen LogP contribution >= 0.6 is 50.1 Å². The summed E-state index contributed by atoms with van der Waals surface area (Å²) in [6.07, 6.45) is 0. The van der Waals surface area contributed by atoms with Gasteiger partial charge in [-0.25, -0.2) is 0 Å². The van der Waals surface area contributed by atoms with Gasteiger partial charge in [0.15, 0.2) is 0 Å². The van der Waals surface area contributed by atoms with E-state index in [4.69, 9.17) is 11.6 Å². The molecule has 66 valence electrons. The van der Waals surface area contributed by atoms with Crippen molar-refractivity contribution in [2.75, 3.05) is 0 Å². The first-order chi connectivity index (χ1) is 6.20. The molecule has 0 N–H and O–H groups in total. The monoisotopic (exact) mass is 366 g/mol. The summed E-state index contributed by atoms with van der Waals surface area (Å²) in [5.74, 6) is 0. The molecule has 0 nitrogen and oxygen atoms in total. The first-order valence-corrected chi connectivity index (χ1v) is 5.97. The minimum atomic E-state index is 0.794. The summed E-state index contributed by atoms with van der Waals surface area (Å²) in [7, 11) is 0. The molecule has 0 saturated heterocycles. The minimum Gasteiger partial charge on any atom is -0.0824 e. The van der Waals surface area contributed by atoms with E-state index < -0.39 is 0 Å². The quantitative estimate of drug-likeness (QED) is 0.461. The first kappa shape index (κ1) is 9.74. The van der Waals surface area contributed by atoms with Crippen molar-refractivity contribution in [3.05, 3.63) is 43.4 Å². The number of fused-ring (bicyclic) bond motifs is 1. The van der Waals surface area contributed by atoms with Crippen LogP contribution in [-0.2, 0) is 0 Å². The summed E-state index contributed by atoms with van der Waals surface area (Å²) in [4.78, 5) is 0. The lowest BCUT2D eigenvalue weighted by molar-refractivity contribution is 1.64. The number of benzene rings is 2. The molecule has 2 aromatic rings. The van der Waals surface area contributed by atoms with Crippen LogP contribution in [0.5, 0.6) is 0 Å². The van der Waals surface area contributed by atoms with Gasteiger partial charge in [0.05, 0.1) is 9.50 Å². The Balaban J connectivity index is 2.94. The number of rotatable bonds is 0. The molecule has 3 heteroatoms. The number of hydrogen-bond donors (Lipinski definition) is 0. The summed E-state index contributed by atoms with van der Waals surface area (Å²) in [6.45, 7) is 0. The molecular formula is C10H5BrClI. The fraction of sp³-hybridized carbons (Fsp3) is 0. The second-order valence-electron chi connectivity index (χ2n) is 2.71. The lowest BCUT2D eigenvalue weighted by atomic mass is 10.1. The SMILES string of the molecule is Clc1c(Br)c(I)cc2ccccc12. The van der Waals surface area contributed by atoms with Gasteiger partial charge in [-0.3, -0.25) is 0 Å². The molecule has 0 aliphatic rings. The molecule has 0 unspecified atom stereocenters. The van der Waals surface area contributed by atoms with Crippen molar-refractivity contribution in [2.45, 2.75) is 0 Å². The van der Waals surface area contributed by atoms with E-state index >= 15 is 0 Å². The van der Waals surface area contributed by atoms with Gasteiger partial charge in [0, 0.05) is 8.96 Å². The highest BCUT2D eigenvalue weighted by molar-refractivity contribution is 14.1. The molecule has 0 heterocycles. The van der Waals surface area contributed by atoms with Crippen LogP contribution in [0.1, 0.15) is 0 Å². The molecule has 0 aliphatic carbocycles. The molecule has 0 aromatic heterocycles. The first-order valence-electron chi connectivity index (χ1n) is 3.72. The lowest BCUT2D eigenvalue weighted by Crippen LogP contribution is -1.80. The van der Waals surface area contributed by atoms with Crippen LogP contribution in [-0.4, -0.2) is 0 Å². The maximum Gasteiger partial charge on any atom is 0.0637 e. The van der Waals surface area contributed by atoms with E-state index in [9.17, 15) is 0 Å². The zero-order valence-corrected chi connectivity index (χ0v) is 11.0. The van der Waals surface area contributed by atoms with Crippen LogP contribution in [0.4, 0.5) is 0 Å². The van der Waals surface area contributed by atoms with E-state index in [1.807, 2.05) is 18.2 Å². The van der Waals surface area contributed by atoms with Crippen molar-refractivity contribution in [1.82, 2.24) is 0 Å². The fourth-order valence-corrected chi connectivity index (χ4v) is 2.61. The zero-order chi connectivity index (χ0) is 9.42. The Morgan fingerprint density at radius 3 is 2.69 bits per heavy atom. The van der Waals surface area contributed by atoms with Gasteiger partial charge in [-0.2, -0.15) is 0 Å². The molecule has 2 rings (SSSR count). The minimum absolute atomic E-state index is 0.794. The largest absolute Gasteiger partial charge is 0.0824 e. The third kappa shape index (κ3) is 1.72.